The zero-order valence-corrected chi connectivity index (χ0v) is 8.48. The van der Waals surface area contributed by atoms with Gasteiger partial charge >= 0.3 is 0 Å². The molecule has 16 heavy (non-hydrogen) atoms. The van der Waals surface area contributed by atoms with Crippen molar-refractivity contribution < 1.29 is 18.0 Å². The number of aromatic nitrogens is 1. The average Bonchev–Trinajstić information content (AvgIpc) is 2.25. The lowest BCUT2D eigenvalue weighted by Gasteiger charge is -2.06. The molecule has 0 bridgehead atoms. The van der Waals surface area contributed by atoms with Gasteiger partial charge in [0.15, 0.2) is 17.5 Å². The minimum Gasteiger partial charge on any atom is -0.367 e. The third-order valence-corrected chi connectivity index (χ3v) is 1.81. The number of amides is 1. The maximum absolute atomic E-state index is 13.0. The highest BCUT2D eigenvalue weighted by Gasteiger charge is 2.11. The van der Waals surface area contributed by atoms with Crippen molar-refractivity contribution in [1.82, 2.24) is 10.3 Å². The first-order chi connectivity index (χ1) is 7.54. The average molecular weight is 233 g/mol. The van der Waals surface area contributed by atoms with E-state index in [9.17, 15) is 18.0 Å². The maximum Gasteiger partial charge on any atom is 0.251 e. The second kappa shape index (κ2) is 5.34. The van der Waals surface area contributed by atoms with Crippen LogP contribution in [0.1, 0.15) is 6.42 Å². The highest BCUT2D eigenvalue weighted by Crippen LogP contribution is 2.13. The Morgan fingerprint density at radius 3 is 2.69 bits per heavy atom. The fourth-order valence-corrected chi connectivity index (χ4v) is 0.988. The maximum atomic E-state index is 13.0. The van der Waals surface area contributed by atoms with Crippen molar-refractivity contribution in [3.05, 3.63) is 23.6 Å². The van der Waals surface area contributed by atoms with Gasteiger partial charge in [-0.05, 0) is 0 Å². The minimum absolute atomic E-state index is 0.0780. The quantitative estimate of drug-likeness (QED) is 0.764. The van der Waals surface area contributed by atoms with Crippen LogP contribution >= 0.6 is 0 Å². The van der Waals surface area contributed by atoms with Gasteiger partial charge in [0, 0.05) is 26.1 Å². The summed E-state index contributed by atoms with van der Waals surface area (Å²) >= 11 is 0. The minimum atomic E-state index is -1.39. The van der Waals surface area contributed by atoms with Crippen molar-refractivity contribution in [1.29, 1.82) is 0 Å². The topological polar surface area (TPSA) is 54.0 Å². The molecule has 4 nitrogen and oxygen atoms in total. The molecule has 0 saturated carbocycles. The van der Waals surface area contributed by atoms with Crippen molar-refractivity contribution in [2.75, 3.05) is 18.9 Å². The van der Waals surface area contributed by atoms with Crippen LogP contribution in [0.5, 0.6) is 0 Å². The fourth-order valence-electron chi connectivity index (χ4n) is 0.988. The molecule has 0 aliphatic rings. The molecule has 0 atom stereocenters. The van der Waals surface area contributed by atoms with Crippen molar-refractivity contribution >= 4 is 11.7 Å². The molecular weight excluding hydrogens is 223 g/mol. The normalized spacial score (nSPS) is 10.0. The molecule has 1 heterocycles. The van der Waals surface area contributed by atoms with Gasteiger partial charge in [0.05, 0.1) is 0 Å². The number of halogens is 3. The van der Waals surface area contributed by atoms with Gasteiger partial charge in [-0.3, -0.25) is 4.79 Å². The molecule has 0 aliphatic heterocycles. The van der Waals surface area contributed by atoms with E-state index in [1.54, 1.807) is 0 Å². The number of hydrogen-bond acceptors (Lipinski definition) is 3. The van der Waals surface area contributed by atoms with Gasteiger partial charge in [-0.2, -0.15) is 9.37 Å². The molecule has 2 N–H and O–H groups in total. The van der Waals surface area contributed by atoms with Crippen LogP contribution in [0.4, 0.5) is 19.0 Å². The standard InChI is InChI=1S/C9H10F3N3O/c1-13-7(16)2-3-14-9-6(11)4-5(10)8(12)15-9/h4H,2-3H2,1H3,(H,13,16)(H,14,15). The van der Waals surface area contributed by atoms with Gasteiger partial charge in [0.2, 0.25) is 5.91 Å². The second-order valence-electron chi connectivity index (χ2n) is 2.94. The first-order valence-corrected chi connectivity index (χ1v) is 4.50. The van der Waals surface area contributed by atoms with Crippen molar-refractivity contribution in [2.24, 2.45) is 0 Å². The summed E-state index contributed by atoms with van der Waals surface area (Å²) in [4.78, 5) is 13.8. The van der Waals surface area contributed by atoms with E-state index in [2.05, 4.69) is 15.6 Å². The zero-order valence-electron chi connectivity index (χ0n) is 8.48. The fraction of sp³-hybridized carbons (Fsp3) is 0.333. The molecule has 0 saturated heterocycles. The van der Waals surface area contributed by atoms with E-state index < -0.39 is 23.4 Å². The van der Waals surface area contributed by atoms with Crippen LogP contribution in [0.25, 0.3) is 0 Å². The van der Waals surface area contributed by atoms with Crippen LogP contribution < -0.4 is 10.6 Å². The molecule has 1 rings (SSSR count). The first kappa shape index (κ1) is 12.3. The number of rotatable bonds is 4. The van der Waals surface area contributed by atoms with Gasteiger partial charge in [-0.25, -0.2) is 8.78 Å². The number of nitrogens with one attached hydrogen (secondary N) is 2. The van der Waals surface area contributed by atoms with Gasteiger partial charge in [0.25, 0.3) is 5.95 Å². The summed E-state index contributed by atoms with van der Waals surface area (Å²) < 4.78 is 38.1. The van der Waals surface area contributed by atoms with Gasteiger partial charge in [0.1, 0.15) is 0 Å². The van der Waals surface area contributed by atoms with Crippen LogP contribution in [-0.4, -0.2) is 24.5 Å². The number of carbonyl (C=O) groups is 1. The predicted octanol–water partition coefficient (Wildman–Crippen LogP) is 1.05. The Hall–Kier alpha value is -1.79. The Balaban J connectivity index is 2.60. The molecule has 0 fully saturated rings. The van der Waals surface area contributed by atoms with Crippen LogP contribution in [-0.2, 0) is 4.79 Å². The third kappa shape index (κ3) is 3.11. The summed E-state index contributed by atoms with van der Waals surface area (Å²) in [7, 11) is 1.46. The van der Waals surface area contributed by atoms with Crippen molar-refractivity contribution in [3.63, 3.8) is 0 Å². The third-order valence-electron chi connectivity index (χ3n) is 1.81. The van der Waals surface area contributed by atoms with E-state index in [4.69, 9.17) is 0 Å². The molecule has 0 aromatic carbocycles. The molecule has 1 amide bonds. The Bertz CT molecular complexity index is 398. The smallest absolute Gasteiger partial charge is 0.251 e. The second-order valence-corrected chi connectivity index (χ2v) is 2.94. The number of anilines is 1. The van der Waals surface area contributed by atoms with Crippen molar-refractivity contribution in [2.45, 2.75) is 6.42 Å². The Labute approximate surface area is 89.9 Å². The van der Waals surface area contributed by atoms with Gasteiger partial charge in [-0.1, -0.05) is 0 Å². The summed E-state index contributed by atoms with van der Waals surface area (Å²) in [6.45, 7) is 0.0780. The van der Waals surface area contributed by atoms with Crippen LogP contribution in [0.15, 0.2) is 6.07 Å². The van der Waals surface area contributed by atoms with Crippen LogP contribution in [0, 0.1) is 17.6 Å². The van der Waals surface area contributed by atoms with E-state index in [1.807, 2.05) is 0 Å². The highest BCUT2D eigenvalue weighted by atomic mass is 19.2. The number of hydrogen-bond donors (Lipinski definition) is 2. The lowest BCUT2D eigenvalue weighted by atomic mass is 10.3. The Kier molecular flexibility index (Phi) is 4.10. The summed E-state index contributed by atoms with van der Waals surface area (Å²) in [5, 5.41) is 4.75. The molecule has 1 aromatic rings. The monoisotopic (exact) mass is 233 g/mol. The SMILES string of the molecule is CNC(=O)CCNc1nc(F)c(F)cc1F. The Morgan fingerprint density at radius 2 is 2.06 bits per heavy atom. The molecule has 0 radical (unpaired) electrons. The van der Waals surface area contributed by atoms with E-state index in [-0.39, 0.29) is 18.9 Å². The first-order valence-electron chi connectivity index (χ1n) is 4.50. The molecular formula is C9H10F3N3O. The molecule has 0 unspecified atom stereocenters. The van der Waals surface area contributed by atoms with Crippen LogP contribution in [0.2, 0.25) is 0 Å². The molecule has 0 spiro atoms. The zero-order chi connectivity index (χ0) is 12.1. The van der Waals surface area contributed by atoms with Gasteiger partial charge < -0.3 is 10.6 Å². The summed E-state index contributed by atoms with van der Waals surface area (Å²) in [5.41, 5.74) is 0. The summed E-state index contributed by atoms with van der Waals surface area (Å²) in [6, 6.07) is 0.393. The largest absolute Gasteiger partial charge is 0.367 e. The van der Waals surface area contributed by atoms with Crippen molar-refractivity contribution in [3.8, 4) is 0 Å². The lowest BCUT2D eigenvalue weighted by molar-refractivity contribution is -0.120. The van der Waals surface area contributed by atoms with Crippen LogP contribution in [0.3, 0.4) is 0 Å². The van der Waals surface area contributed by atoms with Gasteiger partial charge in [-0.15, -0.1) is 0 Å². The van der Waals surface area contributed by atoms with E-state index in [1.165, 1.54) is 7.05 Å². The number of carbonyl (C=O) groups excluding carboxylic acids is 1. The molecule has 1 aromatic heterocycles. The Morgan fingerprint density at radius 1 is 1.38 bits per heavy atom. The highest BCUT2D eigenvalue weighted by molar-refractivity contribution is 5.76. The summed E-state index contributed by atoms with van der Waals surface area (Å²) in [6.07, 6.45) is 0.0800. The number of nitrogens with zero attached hydrogens (tertiary/aromatic N) is 1. The molecule has 0 aliphatic carbocycles. The molecule has 88 valence electrons. The van der Waals surface area contributed by atoms with E-state index in [0.717, 1.165) is 0 Å². The van der Waals surface area contributed by atoms with E-state index in [0.29, 0.717) is 6.07 Å². The van der Waals surface area contributed by atoms with E-state index >= 15 is 0 Å². The predicted molar refractivity (Wildman–Crippen MR) is 51.3 cm³/mol. The molecule has 7 heteroatoms. The number of pyridine rings is 1. The lowest BCUT2D eigenvalue weighted by Crippen LogP contribution is -2.21. The summed E-state index contributed by atoms with van der Waals surface area (Å²) in [5.74, 6) is -4.41.